The van der Waals surface area contributed by atoms with E-state index in [1.54, 1.807) is 18.4 Å². The van der Waals surface area contributed by atoms with E-state index in [9.17, 15) is 0 Å². The third-order valence-electron chi connectivity index (χ3n) is 4.00. The first-order valence-electron chi connectivity index (χ1n) is 9.46. The van der Waals surface area contributed by atoms with Crippen molar-refractivity contribution in [2.75, 3.05) is 39.3 Å². The van der Waals surface area contributed by atoms with Gasteiger partial charge in [-0.1, -0.05) is 6.07 Å². The summed E-state index contributed by atoms with van der Waals surface area (Å²) in [6, 6.07) is 6.07. The summed E-state index contributed by atoms with van der Waals surface area (Å²) in [7, 11) is 5.75. The van der Waals surface area contributed by atoms with Crippen LogP contribution in [-0.2, 0) is 6.54 Å². The van der Waals surface area contributed by atoms with Crippen LogP contribution >= 0.6 is 11.3 Å². The number of aromatic nitrogens is 1. The van der Waals surface area contributed by atoms with Crippen LogP contribution in [0.3, 0.4) is 0 Å². The molecule has 1 heterocycles. The maximum absolute atomic E-state index is 5.73. The number of benzene rings is 1. The molecule has 0 radical (unpaired) electrons. The van der Waals surface area contributed by atoms with E-state index in [1.165, 1.54) is 0 Å². The highest BCUT2D eigenvalue weighted by molar-refractivity contribution is 7.13. The molecule has 7 nitrogen and oxygen atoms in total. The normalized spacial score (nSPS) is 12.4. The summed E-state index contributed by atoms with van der Waals surface area (Å²) in [6.07, 6.45) is 0. The number of guanidine groups is 1. The fourth-order valence-corrected chi connectivity index (χ4v) is 3.34. The van der Waals surface area contributed by atoms with E-state index in [0.29, 0.717) is 19.8 Å². The second kappa shape index (κ2) is 10.8. The molecular weight excluding hydrogens is 374 g/mol. The molecule has 0 aliphatic carbocycles. The molecule has 1 aromatic heterocycles. The average molecular weight is 406 g/mol. The summed E-state index contributed by atoms with van der Waals surface area (Å²) in [6.45, 7) is 7.84. The van der Waals surface area contributed by atoms with Gasteiger partial charge in [-0.25, -0.2) is 4.98 Å². The van der Waals surface area contributed by atoms with Gasteiger partial charge in [0.1, 0.15) is 0 Å². The second-order valence-electron chi connectivity index (χ2n) is 6.38. The van der Waals surface area contributed by atoms with Crippen molar-refractivity contribution in [2.24, 2.45) is 4.99 Å². The summed E-state index contributed by atoms with van der Waals surface area (Å²) in [5.41, 5.74) is 2.09. The average Bonchev–Trinajstić information content (AvgIpc) is 3.16. The minimum Gasteiger partial charge on any atom is -0.490 e. The Labute approximate surface area is 171 Å². The first-order valence-corrected chi connectivity index (χ1v) is 10.3. The van der Waals surface area contributed by atoms with Gasteiger partial charge in [0, 0.05) is 26.5 Å². The van der Waals surface area contributed by atoms with Gasteiger partial charge in [-0.05, 0) is 38.5 Å². The zero-order chi connectivity index (χ0) is 20.5. The maximum atomic E-state index is 5.73. The number of anilines is 1. The molecule has 0 saturated heterocycles. The number of hydrogen-bond donors (Lipinski definition) is 2. The molecule has 0 aliphatic heterocycles. The van der Waals surface area contributed by atoms with Crippen molar-refractivity contribution in [1.82, 2.24) is 15.6 Å². The molecule has 154 valence electrons. The van der Waals surface area contributed by atoms with Gasteiger partial charge in [0.25, 0.3) is 0 Å². The summed E-state index contributed by atoms with van der Waals surface area (Å²) in [5, 5.41) is 9.78. The molecule has 2 aromatic rings. The molecule has 0 fully saturated rings. The van der Waals surface area contributed by atoms with Gasteiger partial charge >= 0.3 is 0 Å². The highest BCUT2D eigenvalue weighted by atomic mass is 32.1. The quantitative estimate of drug-likeness (QED) is 0.492. The Morgan fingerprint density at radius 3 is 2.54 bits per heavy atom. The highest BCUT2D eigenvalue weighted by Crippen LogP contribution is 2.30. The van der Waals surface area contributed by atoms with Gasteiger partial charge in [-0.3, -0.25) is 4.99 Å². The van der Waals surface area contributed by atoms with Gasteiger partial charge < -0.3 is 25.0 Å². The van der Waals surface area contributed by atoms with Crippen LogP contribution in [0.15, 0.2) is 28.6 Å². The highest BCUT2D eigenvalue weighted by Gasteiger charge is 2.13. The van der Waals surface area contributed by atoms with E-state index in [4.69, 9.17) is 9.47 Å². The Bertz CT molecular complexity index is 776. The van der Waals surface area contributed by atoms with Crippen molar-refractivity contribution in [2.45, 2.75) is 33.4 Å². The van der Waals surface area contributed by atoms with Gasteiger partial charge in [0.05, 0.1) is 31.5 Å². The van der Waals surface area contributed by atoms with E-state index in [2.05, 4.69) is 32.9 Å². The van der Waals surface area contributed by atoms with Crippen LogP contribution in [0.2, 0.25) is 0 Å². The third-order valence-corrected chi connectivity index (χ3v) is 5.06. The molecule has 0 bridgehead atoms. The molecule has 1 aromatic carbocycles. The molecule has 2 rings (SSSR count). The molecule has 1 atom stereocenters. The fourth-order valence-electron chi connectivity index (χ4n) is 2.58. The lowest BCUT2D eigenvalue weighted by Crippen LogP contribution is -2.38. The largest absolute Gasteiger partial charge is 0.490 e. The van der Waals surface area contributed by atoms with Crippen LogP contribution in [0.25, 0.3) is 0 Å². The SMILES string of the molecule is CCOc1ccc(C(C)NC(=NC)NCc2csc(N(C)C)n2)cc1OCC. The minimum atomic E-state index is 0.0499. The molecule has 0 spiro atoms. The summed E-state index contributed by atoms with van der Waals surface area (Å²) in [5.74, 6) is 2.25. The molecule has 8 heteroatoms. The summed E-state index contributed by atoms with van der Waals surface area (Å²) >= 11 is 1.63. The molecule has 0 saturated carbocycles. The monoisotopic (exact) mass is 405 g/mol. The Hall–Kier alpha value is -2.48. The fraction of sp³-hybridized carbons (Fsp3) is 0.500. The smallest absolute Gasteiger partial charge is 0.191 e. The van der Waals surface area contributed by atoms with Crippen molar-refractivity contribution in [3.8, 4) is 11.5 Å². The molecule has 0 amide bonds. The van der Waals surface area contributed by atoms with E-state index < -0.39 is 0 Å². The lowest BCUT2D eigenvalue weighted by Gasteiger charge is -2.20. The van der Waals surface area contributed by atoms with Gasteiger partial charge in [-0.15, -0.1) is 11.3 Å². The number of aliphatic imine (C=N–C) groups is 1. The Kier molecular flexibility index (Phi) is 8.38. The lowest BCUT2D eigenvalue weighted by molar-refractivity contribution is 0.287. The van der Waals surface area contributed by atoms with E-state index in [-0.39, 0.29) is 6.04 Å². The first-order chi connectivity index (χ1) is 13.5. The number of nitrogens with one attached hydrogen (secondary N) is 2. The van der Waals surface area contributed by atoms with Crippen LogP contribution in [0.5, 0.6) is 11.5 Å². The van der Waals surface area contributed by atoms with Crippen LogP contribution in [0, 0.1) is 0 Å². The van der Waals surface area contributed by atoms with Gasteiger partial charge in [0.2, 0.25) is 0 Å². The van der Waals surface area contributed by atoms with E-state index >= 15 is 0 Å². The van der Waals surface area contributed by atoms with Crippen molar-refractivity contribution < 1.29 is 9.47 Å². The molecule has 0 aliphatic rings. The number of thiazole rings is 1. The predicted molar refractivity (Wildman–Crippen MR) is 117 cm³/mol. The molecule has 2 N–H and O–H groups in total. The zero-order valence-corrected chi connectivity index (χ0v) is 18.4. The van der Waals surface area contributed by atoms with Gasteiger partial charge in [0.15, 0.2) is 22.6 Å². The summed E-state index contributed by atoms with van der Waals surface area (Å²) < 4.78 is 11.4. The molecule has 28 heavy (non-hydrogen) atoms. The maximum Gasteiger partial charge on any atom is 0.191 e. The number of hydrogen-bond acceptors (Lipinski definition) is 6. The predicted octanol–water partition coefficient (Wildman–Crippen LogP) is 3.43. The van der Waals surface area contributed by atoms with Crippen molar-refractivity contribution in [3.05, 3.63) is 34.8 Å². The number of rotatable bonds is 9. The molecular formula is C20H31N5O2S. The zero-order valence-electron chi connectivity index (χ0n) is 17.6. The Balaban J connectivity index is 2.00. The van der Waals surface area contributed by atoms with E-state index in [1.807, 2.05) is 51.0 Å². The van der Waals surface area contributed by atoms with Crippen LogP contribution in [-0.4, -0.2) is 45.3 Å². The Morgan fingerprint density at radius 2 is 1.93 bits per heavy atom. The lowest BCUT2D eigenvalue weighted by atomic mass is 10.1. The second-order valence-corrected chi connectivity index (χ2v) is 7.22. The first kappa shape index (κ1) is 21.8. The third kappa shape index (κ3) is 6.02. The van der Waals surface area contributed by atoms with E-state index in [0.717, 1.165) is 33.8 Å². The number of ether oxygens (including phenoxy) is 2. The van der Waals surface area contributed by atoms with Crippen molar-refractivity contribution >= 4 is 22.4 Å². The summed E-state index contributed by atoms with van der Waals surface area (Å²) in [4.78, 5) is 10.9. The topological polar surface area (TPSA) is 71.0 Å². The Morgan fingerprint density at radius 1 is 1.21 bits per heavy atom. The van der Waals surface area contributed by atoms with Crippen molar-refractivity contribution in [1.29, 1.82) is 0 Å². The standard InChI is InChI=1S/C20H31N5O2S/c1-7-26-17-10-9-15(11-18(17)27-8-2)14(3)23-19(21-4)22-12-16-13-28-20(24-16)25(5)6/h9-11,13-14H,7-8,12H2,1-6H3,(H2,21,22,23). The minimum absolute atomic E-state index is 0.0499. The van der Waals surface area contributed by atoms with Crippen molar-refractivity contribution in [3.63, 3.8) is 0 Å². The van der Waals surface area contributed by atoms with Crippen LogP contribution < -0.4 is 25.0 Å². The van der Waals surface area contributed by atoms with Gasteiger partial charge in [-0.2, -0.15) is 0 Å². The number of nitrogens with zero attached hydrogens (tertiary/aromatic N) is 3. The molecule has 1 unspecified atom stereocenters. The van der Waals surface area contributed by atoms with Crippen LogP contribution in [0.1, 0.15) is 38.1 Å². The van der Waals surface area contributed by atoms with Crippen LogP contribution in [0.4, 0.5) is 5.13 Å².